The number of benzene rings is 1. The predicted molar refractivity (Wildman–Crippen MR) is 80.4 cm³/mol. The molecule has 1 atom stereocenters. The van der Waals surface area contributed by atoms with Crippen molar-refractivity contribution < 1.29 is 4.74 Å². The highest BCUT2D eigenvalue weighted by Crippen LogP contribution is 2.32. The summed E-state index contributed by atoms with van der Waals surface area (Å²) < 4.78 is 5.12. The standard InChI is InChI=1S/C17H27NO/c1-18-17(13-15-5-3-4-6-15)16-9-7-14(8-10-16)11-12-19-2/h7-10,15,17-18H,3-6,11-13H2,1-2H3. The highest BCUT2D eigenvalue weighted by molar-refractivity contribution is 5.25. The van der Waals surface area contributed by atoms with E-state index in [-0.39, 0.29) is 0 Å². The number of hydrogen-bond donors (Lipinski definition) is 1. The number of rotatable bonds is 7. The van der Waals surface area contributed by atoms with Crippen LogP contribution in [0.25, 0.3) is 0 Å². The van der Waals surface area contributed by atoms with Gasteiger partial charge in [0.1, 0.15) is 0 Å². The van der Waals surface area contributed by atoms with Gasteiger partial charge in [0.25, 0.3) is 0 Å². The van der Waals surface area contributed by atoms with Crippen LogP contribution in [0.4, 0.5) is 0 Å². The summed E-state index contributed by atoms with van der Waals surface area (Å²) in [6.45, 7) is 0.802. The number of hydrogen-bond acceptors (Lipinski definition) is 2. The van der Waals surface area contributed by atoms with Crippen molar-refractivity contribution in [1.82, 2.24) is 5.32 Å². The lowest BCUT2D eigenvalue weighted by Crippen LogP contribution is -2.19. The average molecular weight is 261 g/mol. The van der Waals surface area contributed by atoms with E-state index in [4.69, 9.17) is 4.74 Å². The van der Waals surface area contributed by atoms with Gasteiger partial charge in [-0.15, -0.1) is 0 Å². The molecular formula is C17H27NO. The molecule has 0 spiro atoms. The van der Waals surface area contributed by atoms with E-state index in [2.05, 4.69) is 36.6 Å². The average Bonchev–Trinajstić information content (AvgIpc) is 2.96. The molecule has 19 heavy (non-hydrogen) atoms. The van der Waals surface area contributed by atoms with E-state index in [1.807, 2.05) is 0 Å². The van der Waals surface area contributed by atoms with Crippen molar-refractivity contribution in [3.8, 4) is 0 Å². The van der Waals surface area contributed by atoms with Crippen molar-refractivity contribution in [3.63, 3.8) is 0 Å². The SMILES string of the molecule is CNC(CC1CCCC1)c1ccc(CCOC)cc1. The summed E-state index contributed by atoms with van der Waals surface area (Å²) in [6, 6.07) is 9.56. The second kappa shape index (κ2) is 7.66. The van der Waals surface area contributed by atoms with Gasteiger partial charge >= 0.3 is 0 Å². The summed E-state index contributed by atoms with van der Waals surface area (Å²) >= 11 is 0. The Kier molecular flexibility index (Phi) is 5.87. The summed E-state index contributed by atoms with van der Waals surface area (Å²) in [6.07, 6.45) is 7.99. The van der Waals surface area contributed by atoms with Crippen LogP contribution in [-0.2, 0) is 11.2 Å². The fourth-order valence-electron chi connectivity index (χ4n) is 3.14. The van der Waals surface area contributed by atoms with E-state index >= 15 is 0 Å². The van der Waals surface area contributed by atoms with E-state index < -0.39 is 0 Å². The molecule has 0 bridgehead atoms. The van der Waals surface area contributed by atoms with Crippen molar-refractivity contribution in [1.29, 1.82) is 0 Å². The highest BCUT2D eigenvalue weighted by Gasteiger charge is 2.20. The van der Waals surface area contributed by atoms with Crippen LogP contribution in [0.3, 0.4) is 0 Å². The molecular weight excluding hydrogens is 234 g/mol. The first kappa shape index (κ1) is 14.5. The minimum atomic E-state index is 0.513. The third-order valence-corrected chi connectivity index (χ3v) is 4.37. The second-order valence-corrected chi connectivity index (χ2v) is 5.71. The van der Waals surface area contributed by atoms with Gasteiger partial charge in [0, 0.05) is 13.2 Å². The summed E-state index contributed by atoms with van der Waals surface area (Å²) in [5, 5.41) is 3.48. The van der Waals surface area contributed by atoms with Crippen LogP contribution in [0.2, 0.25) is 0 Å². The maximum absolute atomic E-state index is 5.12. The van der Waals surface area contributed by atoms with Crippen molar-refractivity contribution >= 4 is 0 Å². The van der Waals surface area contributed by atoms with Crippen LogP contribution in [0.15, 0.2) is 24.3 Å². The normalized spacial score (nSPS) is 17.8. The first-order chi connectivity index (χ1) is 9.33. The van der Waals surface area contributed by atoms with Gasteiger partial charge in [-0.25, -0.2) is 0 Å². The molecule has 2 nitrogen and oxygen atoms in total. The van der Waals surface area contributed by atoms with E-state index in [9.17, 15) is 0 Å². The van der Waals surface area contributed by atoms with Crippen LogP contribution in [0.5, 0.6) is 0 Å². The van der Waals surface area contributed by atoms with Crippen LogP contribution in [0.1, 0.15) is 49.3 Å². The molecule has 0 heterocycles. The van der Waals surface area contributed by atoms with E-state index in [0.29, 0.717) is 6.04 Å². The summed E-state index contributed by atoms with van der Waals surface area (Å²) in [7, 11) is 3.84. The van der Waals surface area contributed by atoms with Gasteiger partial charge in [0.15, 0.2) is 0 Å². The fraction of sp³-hybridized carbons (Fsp3) is 0.647. The Hall–Kier alpha value is -0.860. The lowest BCUT2D eigenvalue weighted by molar-refractivity contribution is 0.202. The van der Waals surface area contributed by atoms with Gasteiger partial charge in [0.05, 0.1) is 6.61 Å². The first-order valence-corrected chi connectivity index (χ1v) is 7.58. The Balaban J connectivity index is 1.93. The quantitative estimate of drug-likeness (QED) is 0.808. The molecule has 2 heteroatoms. The molecule has 1 saturated carbocycles. The second-order valence-electron chi connectivity index (χ2n) is 5.71. The van der Waals surface area contributed by atoms with Gasteiger partial charge in [-0.2, -0.15) is 0 Å². The minimum Gasteiger partial charge on any atom is -0.384 e. The van der Waals surface area contributed by atoms with Crippen molar-refractivity contribution in [2.24, 2.45) is 5.92 Å². The monoisotopic (exact) mass is 261 g/mol. The van der Waals surface area contributed by atoms with E-state index in [1.165, 1.54) is 43.2 Å². The highest BCUT2D eigenvalue weighted by atomic mass is 16.5. The molecule has 2 rings (SSSR count). The van der Waals surface area contributed by atoms with Crippen molar-refractivity contribution in [2.45, 2.75) is 44.6 Å². The Labute approximate surface area is 117 Å². The Morgan fingerprint density at radius 1 is 1.21 bits per heavy atom. The van der Waals surface area contributed by atoms with Crippen LogP contribution < -0.4 is 5.32 Å². The molecule has 0 aliphatic heterocycles. The predicted octanol–water partition coefficient (Wildman–Crippen LogP) is 3.72. The third kappa shape index (κ3) is 4.32. The molecule has 1 aliphatic carbocycles. The molecule has 106 valence electrons. The zero-order valence-electron chi connectivity index (χ0n) is 12.3. The fourth-order valence-corrected chi connectivity index (χ4v) is 3.14. The lowest BCUT2D eigenvalue weighted by atomic mass is 9.93. The smallest absolute Gasteiger partial charge is 0.0502 e. The first-order valence-electron chi connectivity index (χ1n) is 7.58. The molecule has 0 radical (unpaired) electrons. The number of nitrogens with one attached hydrogen (secondary N) is 1. The summed E-state index contributed by atoms with van der Waals surface area (Å²) in [5.74, 6) is 0.922. The van der Waals surface area contributed by atoms with E-state index in [1.54, 1.807) is 7.11 Å². The van der Waals surface area contributed by atoms with Gasteiger partial charge in [-0.3, -0.25) is 0 Å². The van der Waals surface area contributed by atoms with Crippen molar-refractivity contribution in [2.75, 3.05) is 20.8 Å². The van der Waals surface area contributed by atoms with Gasteiger partial charge in [-0.1, -0.05) is 49.9 Å². The van der Waals surface area contributed by atoms with Crippen LogP contribution in [0, 0.1) is 5.92 Å². The maximum atomic E-state index is 5.12. The molecule has 0 amide bonds. The summed E-state index contributed by atoms with van der Waals surface area (Å²) in [5.41, 5.74) is 2.79. The molecule has 1 aromatic rings. The van der Waals surface area contributed by atoms with E-state index in [0.717, 1.165) is 18.9 Å². The topological polar surface area (TPSA) is 21.3 Å². The minimum absolute atomic E-state index is 0.513. The Bertz CT molecular complexity index is 354. The molecule has 1 N–H and O–H groups in total. The summed E-state index contributed by atoms with van der Waals surface area (Å²) in [4.78, 5) is 0. The maximum Gasteiger partial charge on any atom is 0.0502 e. The molecule has 1 aromatic carbocycles. The lowest BCUT2D eigenvalue weighted by Gasteiger charge is -2.20. The van der Waals surface area contributed by atoms with Crippen LogP contribution in [-0.4, -0.2) is 20.8 Å². The Morgan fingerprint density at radius 2 is 1.89 bits per heavy atom. The van der Waals surface area contributed by atoms with Gasteiger partial charge in [0.2, 0.25) is 0 Å². The number of ether oxygens (including phenoxy) is 1. The van der Waals surface area contributed by atoms with Gasteiger partial charge in [-0.05, 0) is 36.9 Å². The Morgan fingerprint density at radius 3 is 2.47 bits per heavy atom. The molecule has 0 aromatic heterocycles. The van der Waals surface area contributed by atoms with Gasteiger partial charge < -0.3 is 10.1 Å². The molecule has 1 unspecified atom stereocenters. The molecule has 1 fully saturated rings. The third-order valence-electron chi connectivity index (χ3n) is 4.37. The van der Waals surface area contributed by atoms with Crippen LogP contribution >= 0.6 is 0 Å². The molecule has 0 saturated heterocycles. The molecule has 1 aliphatic rings. The van der Waals surface area contributed by atoms with Crippen molar-refractivity contribution in [3.05, 3.63) is 35.4 Å². The zero-order valence-corrected chi connectivity index (χ0v) is 12.3. The largest absolute Gasteiger partial charge is 0.384 e. The zero-order chi connectivity index (χ0) is 13.5. The number of methoxy groups -OCH3 is 1.